The van der Waals surface area contributed by atoms with E-state index in [1.54, 1.807) is 0 Å². The van der Waals surface area contributed by atoms with Gasteiger partial charge in [-0.2, -0.15) is 0 Å². The van der Waals surface area contributed by atoms with Crippen molar-refractivity contribution in [3.05, 3.63) is 35.9 Å². The first-order chi connectivity index (χ1) is 9.76. The minimum atomic E-state index is -0.533. The van der Waals surface area contributed by atoms with Crippen molar-refractivity contribution < 1.29 is 14.3 Å². The van der Waals surface area contributed by atoms with Crippen molar-refractivity contribution in [1.82, 2.24) is 5.32 Å². The van der Waals surface area contributed by atoms with E-state index in [1.165, 1.54) is 18.7 Å². The summed E-state index contributed by atoms with van der Waals surface area (Å²) < 4.78 is 5.27. The molecule has 0 aliphatic carbocycles. The number of ether oxygens (including phenoxy) is 1. The van der Waals surface area contributed by atoms with Gasteiger partial charge in [0.1, 0.15) is 5.60 Å². The zero-order valence-corrected chi connectivity index (χ0v) is 13.8. The van der Waals surface area contributed by atoms with E-state index in [0.717, 1.165) is 5.56 Å². The summed E-state index contributed by atoms with van der Waals surface area (Å²) in [6.07, 6.45) is 0.216. The molecule has 0 radical (unpaired) electrons. The van der Waals surface area contributed by atoms with Gasteiger partial charge in [0.05, 0.1) is 0 Å². The SMILES string of the molecule is CC(=O)SCC(Cc1ccccc1)NC(=O)OC(C)(C)C. The molecule has 4 nitrogen and oxygen atoms in total. The van der Waals surface area contributed by atoms with Gasteiger partial charge in [-0.15, -0.1) is 0 Å². The molecule has 1 atom stereocenters. The molecule has 1 unspecified atom stereocenters. The normalized spacial score (nSPS) is 12.6. The Morgan fingerprint density at radius 1 is 1.24 bits per heavy atom. The van der Waals surface area contributed by atoms with Crippen molar-refractivity contribution in [2.75, 3.05) is 5.75 Å². The van der Waals surface area contributed by atoms with Crippen LogP contribution in [0.1, 0.15) is 33.3 Å². The molecule has 1 aromatic carbocycles. The molecule has 0 aromatic heterocycles. The van der Waals surface area contributed by atoms with E-state index in [4.69, 9.17) is 4.74 Å². The smallest absolute Gasteiger partial charge is 0.407 e. The number of thioether (sulfide) groups is 1. The molecule has 1 N–H and O–H groups in total. The number of benzene rings is 1. The minimum absolute atomic E-state index is 0.0408. The maximum atomic E-state index is 11.9. The van der Waals surface area contributed by atoms with Gasteiger partial charge in [0, 0.05) is 18.7 Å². The van der Waals surface area contributed by atoms with Crippen molar-refractivity contribution in [2.24, 2.45) is 0 Å². The molecule has 0 saturated heterocycles. The van der Waals surface area contributed by atoms with E-state index < -0.39 is 11.7 Å². The molecule has 0 aliphatic rings. The number of carbonyl (C=O) groups is 2. The first-order valence-corrected chi connectivity index (χ1v) is 7.91. The van der Waals surface area contributed by atoms with Crippen LogP contribution in [0.2, 0.25) is 0 Å². The first-order valence-electron chi connectivity index (χ1n) is 6.93. The van der Waals surface area contributed by atoms with Gasteiger partial charge in [-0.1, -0.05) is 42.1 Å². The highest BCUT2D eigenvalue weighted by Gasteiger charge is 2.20. The molecule has 0 spiro atoms. The number of hydrogen-bond acceptors (Lipinski definition) is 4. The van der Waals surface area contributed by atoms with E-state index in [0.29, 0.717) is 12.2 Å². The van der Waals surface area contributed by atoms with Crippen LogP contribution in [0.3, 0.4) is 0 Å². The third-order valence-electron chi connectivity index (χ3n) is 2.53. The van der Waals surface area contributed by atoms with Gasteiger partial charge in [0.15, 0.2) is 5.12 Å². The van der Waals surface area contributed by atoms with Gasteiger partial charge in [-0.05, 0) is 32.8 Å². The summed E-state index contributed by atoms with van der Waals surface area (Å²) in [4.78, 5) is 23.0. The second-order valence-corrected chi connectivity index (χ2v) is 7.03. The van der Waals surface area contributed by atoms with Crippen LogP contribution in [0.4, 0.5) is 4.79 Å². The third kappa shape index (κ3) is 8.40. The van der Waals surface area contributed by atoms with Crippen molar-refractivity contribution in [1.29, 1.82) is 0 Å². The molecule has 116 valence electrons. The molecule has 0 bridgehead atoms. The van der Waals surface area contributed by atoms with E-state index in [-0.39, 0.29) is 11.2 Å². The third-order valence-corrected chi connectivity index (χ3v) is 3.51. The fourth-order valence-corrected chi connectivity index (χ4v) is 2.38. The van der Waals surface area contributed by atoms with Crippen LogP contribution >= 0.6 is 11.8 Å². The monoisotopic (exact) mass is 309 g/mol. The van der Waals surface area contributed by atoms with Crippen LogP contribution in [0.15, 0.2) is 30.3 Å². The number of rotatable bonds is 5. The standard InChI is InChI=1S/C16H23NO3S/c1-12(18)21-11-14(10-13-8-6-5-7-9-13)17-15(19)20-16(2,3)4/h5-9,14H,10-11H2,1-4H3,(H,17,19). The number of carbonyl (C=O) groups excluding carboxylic acids is 2. The topological polar surface area (TPSA) is 55.4 Å². The largest absolute Gasteiger partial charge is 0.444 e. The lowest BCUT2D eigenvalue weighted by Crippen LogP contribution is -2.41. The van der Waals surface area contributed by atoms with E-state index >= 15 is 0 Å². The molecule has 0 saturated carbocycles. The lowest BCUT2D eigenvalue weighted by molar-refractivity contribution is -0.109. The fourth-order valence-electron chi connectivity index (χ4n) is 1.74. The average molecular weight is 309 g/mol. The molecule has 0 heterocycles. The summed E-state index contributed by atoms with van der Waals surface area (Å²) in [5.41, 5.74) is 0.581. The Bertz CT molecular complexity index is 468. The Morgan fingerprint density at radius 2 is 1.86 bits per heavy atom. The Balaban J connectivity index is 2.63. The zero-order chi connectivity index (χ0) is 15.9. The summed E-state index contributed by atoms with van der Waals surface area (Å²) in [6.45, 7) is 6.99. The quantitative estimate of drug-likeness (QED) is 0.905. The van der Waals surface area contributed by atoms with Crippen LogP contribution in [0, 0.1) is 0 Å². The highest BCUT2D eigenvalue weighted by Crippen LogP contribution is 2.12. The van der Waals surface area contributed by atoms with Crippen LogP contribution in [0.5, 0.6) is 0 Å². The predicted molar refractivity (Wildman–Crippen MR) is 86.4 cm³/mol. The average Bonchev–Trinajstić information content (AvgIpc) is 2.34. The lowest BCUT2D eigenvalue weighted by Gasteiger charge is -2.23. The number of amides is 1. The minimum Gasteiger partial charge on any atom is -0.444 e. The highest BCUT2D eigenvalue weighted by molar-refractivity contribution is 8.13. The van der Waals surface area contributed by atoms with Crippen LogP contribution in [-0.2, 0) is 16.0 Å². The summed E-state index contributed by atoms with van der Waals surface area (Å²) in [5, 5.41) is 2.88. The number of nitrogens with one attached hydrogen (secondary N) is 1. The van der Waals surface area contributed by atoms with E-state index in [2.05, 4.69) is 5.32 Å². The lowest BCUT2D eigenvalue weighted by atomic mass is 10.1. The summed E-state index contributed by atoms with van der Waals surface area (Å²) in [7, 11) is 0. The molecule has 5 heteroatoms. The van der Waals surface area contributed by atoms with Crippen molar-refractivity contribution in [3.8, 4) is 0 Å². The second-order valence-electron chi connectivity index (χ2n) is 5.84. The maximum absolute atomic E-state index is 11.9. The van der Waals surface area contributed by atoms with E-state index in [9.17, 15) is 9.59 Å². The number of alkyl carbamates (subject to hydrolysis) is 1. The Morgan fingerprint density at radius 3 is 2.38 bits per heavy atom. The molecular weight excluding hydrogens is 286 g/mol. The Labute approximate surface area is 130 Å². The molecule has 1 aromatic rings. The highest BCUT2D eigenvalue weighted by atomic mass is 32.2. The summed E-state index contributed by atoms with van der Waals surface area (Å²) in [6, 6.07) is 9.72. The van der Waals surface area contributed by atoms with Crippen molar-refractivity contribution in [2.45, 2.75) is 45.8 Å². The van der Waals surface area contributed by atoms with Crippen molar-refractivity contribution >= 4 is 23.0 Å². The fraction of sp³-hybridized carbons (Fsp3) is 0.500. The molecule has 1 amide bonds. The zero-order valence-electron chi connectivity index (χ0n) is 13.0. The molecule has 1 rings (SSSR count). The van der Waals surface area contributed by atoms with Crippen LogP contribution < -0.4 is 5.32 Å². The van der Waals surface area contributed by atoms with Crippen LogP contribution in [0.25, 0.3) is 0 Å². The van der Waals surface area contributed by atoms with Gasteiger partial charge < -0.3 is 10.1 Å². The molecular formula is C16H23NO3S. The molecule has 0 fully saturated rings. The second kappa shape index (κ2) is 8.08. The van der Waals surface area contributed by atoms with Gasteiger partial charge in [0.2, 0.25) is 0 Å². The molecule has 0 aliphatic heterocycles. The van der Waals surface area contributed by atoms with E-state index in [1.807, 2.05) is 51.1 Å². The first kappa shape index (κ1) is 17.6. The summed E-state index contributed by atoms with van der Waals surface area (Å²) in [5.74, 6) is 0.531. The summed E-state index contributed by atoms with van der Waals surface area (Å²) >= 11 is 1.21. The van der Waals surface area contributed by atoms with Gasteiger partial charge in [-0.3, -0.25) is 4.79 Å². The van der Waals surface area contributed by atoms with Crippen LogP contribution in [-0.4, -0.2) is 28.6 Å². The van der Waals surface area contributed by atoms with Crippen molar-refractivity contribution in [3.63, 3.8) is 0 Å². The maximum Gasteiger partial charge on any atom is 0.407 e. The Kier molecular flexibility index (Phi) is 6.75. The Hall–Kier alpha value is -1.49. The number of hydrogen-bond donors (Lipinski definition) is 1. The molecule has 21 heavy (non-hydrogen) atoms. The van der Waals surface area contributed by atoms with Gasteiger partial charge in [0.25, 0.3) is 0 Å². The van der Waals surface area contributed by atoms with Gasteiger partial charge >= 0.3 is 6.09 Å². The van der Waals surface area contributed by atoms with Gasteiger partial charge in [-0.25, -0.2) is 4.79 Å². The predicted octanol–water partition coefficient (Wildman–Crippen LogP) is 3.40.